The molecule has 1 saturated heterocycles. The Morgan fingerprint density at radius 3 is 2.52 bits per heavy atom. The van der Waals surface area contributed by atoms with Crippen molar-refractivity contribution in [3.05, 3.63) is 24.0 Å². The standard InChI is InChI=1S/C13H17FN2O4S/c1-20-13(17)9-4-6-16(7-5-9)21(18,19)10-2-3-12(15)11(14)8-10/h2-3,8-9H,4-7,15H2,1H3. The molecule has 116 valence electrons. The van der Waals surface area contributed by atoms with E-state index in [9.17, 15) is 17.6 Å². The molecule has 6 nitrogen and oxygen atoms in total. The van der Waals surface area contributed by atoms with E-state index in [0.717, 1.165) is 6.07 Å². The van der Waals surface area contributed by atoms with Gasteiger partial charge in [0.1, 0.15) is 5.82 Å². The highest BCUT2D eigenvalue weighted by molar-refractivity contribution is 7.89. The molecule has 0 radical (unpaired) electrons. The second kappa shape index (κ2) is 5.98. The molecule has 1 aromatic carbocycles. The van der Waals surface area contributed by atoms with Crippen LogP contribution in [0.25, 0.3) is 0 Å². The number of rotatable bonds is 3. The molecule has 1 fully saturated rings. The number of nitrogens with zero attached hydrogens (tertiary/aromatic N) is 1. The topological polar surface area (TPSA) is 89.7 Å². The molecule has 2 N–H and O–H groups in total. The van der Waals surface area contributed by atoms with Crippen LogP contribution in [-0.4, -0.2) is 38.9 Å². The van der Waals surface area contributed by atoms with E-state index in [-0.39, 0.29) is 35.6 Å². The van der Waals surface area contributed by atoms with Gasteiger partial charge in [0.25, 0.3) is 0 Å². The quantitative estimate of drug-likeness (QED) is 0.663. The largest absolute Gasteiger partial charge is 0.469 e. The Balaban J connectivity index is 2.14. The number of hydrogen-bond donors (Lipinski definition) is 1. The molecule has 2 rings (SSSR count). The van der Waals surface area contributed by atoms with Crippen molar-refractivity contribution >= 4 is 21.7 Å². The number of benzene rings is 1. The monoisotopic (exact) mass is 316 g/mol. The first-order chi connectivity index (χ1) is 9.86. The number of nitrogens with two attached hydrogens (primary N) is 1. The van der Waals surface area contributed by atoms with Crippen molar-refractivity contribution in [3.8, 4) is 0 Å². The Morgan fingerprint density at radius 1 is 1.38 bits per heavy atom. The number of carbonyl (C=O) groups is 1. The summed E-state index contributed by atoms with van der Waals surface area (Å²) in [6.45, 7) is 0.405. The zero-order valence-corrected chi connectivity index (χ0v) is 12.4. The predicted octanol–water partition coefficient (Wildman–Crippen LogP) is 0.982. The maximum absolute atomic E-state index is 13.4. The van der Waals surface area contributed by atoms with Crippen LogP contribution in [0.15, 0.2) is 23.1 Å². The van der Waals surface area contributed by atoms with E-state index in [2.05, 4.69) is 4.74 Å². The van der Waals surface area contributed by atoms with Crippen LogP contribution < -0.4 is 5.73 Å². The van der Waals surface area contributed by atoms with Crippen molar-refractivity contribution in [1.29, 1.82) is 0 Å². The van der Waals surface area contributed by atoms with E-state index in [0.29, 0.717) is 12.8 Å². The summed E-state index contributed by atoms with van der Waals surface area (Å²) >= 11 is 0. The summed E-state index contributed by atoms with van der Waals surface area (Å²) in [6.07, 6.45) is 0.784. The number of esters is 1. The third-order valence-corrected chi connectivity index (χ3v) is 5.49. The maximum atomic E-state index is 13.4. The van der Waals surface area contributed by atoms with Gasteiger partial charge in [-0.25, -0.2) is 12.8 Å². The zero-order chi connectivity index (χ0) is 15.6. The third-order valence-electron chi connectivity index (χ3n) is 3.60. The van der Waals surface area contributed by atoms with Gasteiger partial charge >= 0.3 is 5.97 Å². The Kier molecular flexibility index (Phi) is 4.48. The first-order valence-electron chi connectivity index (χ1n) is 6.49. The Morgan fingerprint density at radius 2 is 2.00 bits per heavy atom. The Labute approximate surface area is 122 Å². The highest BCUT2D eigenvalue weighted by Gasteiger charge is 2.32. The number of nitrogen functional groups attached to an aromatic ring is 1. The molecule has 1 aliphatic heterocycles. The molecule has 0 saturated carbocycles. The summed E-state index contributed by atoms with van der Waals surface area (Å²) < 4.78 is 44.1. The van der Waals surface area contributed by atoms with Crippen molar-refractivity contribution in [2.24, 2.45) is 5.92 Å². The fourth-order valence-electron chi connectivity index (χ4n) is 2.32. The van der Waals surface area contributed by atoms with Gasteiger partial charge in [-0.3, -0.25) is 4.79 Å². The van der Waals surface area contributed by atoms with Crippen LogP contribution in [0.3, 0.4) is 0 Å². The van der Waals surface area contributed by atoms with E-state index in [1.54, 1.807) is 0 Å². The fourth-order valence-corrected chi connectivity index (χ4v) is 3.80. The summed E-state index contributed by atoms with van der Waals surface area (Å²) in [4.78, 5) is 11.3. The van der Waals surface area contributed by atoms with Crippen LogP contribution in [-0.2, 0) is 19.6 Å². The van der Waals surface area contributed by atoms with Gasteiger partial charge in [-0.05, 0) is 31.0 Å². The molecule has 0 aliphatic carbocycles. The third kappa shape index (κ3) is 3.16. The second-order valence-electron chi connectivity index (χ2n) is 4.88. The van der Waals surface area contributed by atoms with Gasteiger partial charge < -0.3 is 10.5 Å². The molecule has 21 heavy (non-hydrogen) atoms. The predicted molar refractivity (Wildman–Crippen MR) is 74.3 cm³/mol. The molecular formula is C13H17FN2O4S. The van der Waals surface area contributed by atoms with Gasteiger partial charge in [-0.1, -0.05) is 0 Å². The zero-order valence-electron chi connectivity index (χ0n) is 11.6. The molecular weight excluding hydrogens is 299 g/mol. The lowest BCUT2D eigenvalue weighted by atomic mass is 9.99. The molecule has 1 aromatic rings. The SMILES string of the molecule is COC(=O)C1CCN(S(=O)(=O)c2ccc(N)c(F)c2)CC1. The fraction of sp³-hybridized carbons (Fsp3) is 0.462. The lowest BCUT2D eigenvalue weighted by Gasteiger charge is -2.29. The van der Waals surface area contributed by atoms with Crippen molar-refractivity contribution in [3.63, 3.8) is 0 Å². The molecule has 0 aromatic heterocycles. The van der Waals surface area contributed by atoms with Gasteiger partial charge in [0.2, 0.25) is 10.0 Å². The minimum Gasteiger partial charge on any atom is -0.469 e. The van der Waals surface area contributed by atoms with E-state index in [4.69, 9.17) is 5.73 Å². The van der Waals surface area contributed by atoms with Crippen LogP contribution >= 0.6 is 0 Å². The van der Waals surface area contributed by atoms with Crippen LogP contribution in [0.5, 0.6) is 0 Å². The molecule has 0 spiro atoms. The molecule has 0 atom stereocenters. The molecule has 1 heterocycles. The van der Waals surface area contributed by atoms with Gasteiger partial charge in [0, 0.05) is 13.1 Å². The van der Waals surface area contributed by atoms with E-state index >= 15 is 0 Å². The van der Waals surface area contributed by atoms with Crippen molar-refractivity contribution in [1.82, 2.24) is 4.31 Å². The Hall–Kier alpha value is -1.67. The smallest absolute Gasteiger partial charge is 0.308 e. The summed E-state index contributed by atoms with van der Waals surface area (Å²) in [5.74, 6) is -1.38. The highest BCUT2D eigenvalue weighted by atomic mass is 32.2. The normalized spacial score (nSPS) is 17.6. The van der Waals surface area contributed by atoms with Crippen LogP contribution in [0.2, 0.25) is 0 Å². The average Bonchev–Trinajstić information content (AvgIpc) is 2.49. The van der Waals surface area contributed by atoms with Gasteiger partial charge in [-0.2, -0.15) is 4.31 Å². The van der Waals surface area contributed by atoms with Crippen molar-refractivity contribution in [2.75, 3.05) is 25.9 Å². The lowest BCUT2D eigenvalue weighted by Crippen LogP contribution is -2.40. The number of methoxy groups -OCH3 is 1. The number of hydrogen-bond acceptors (Lipinski definition) is 5. The lowest BCUT2D eigenvalue weighted by molar-refractivity contribution is -0.146. The second-order valence-corrected chi connectivity index (χ2v) is 6.82. The Bertz CT molecular complexity index is 640. The van der Waals surface area contributed by atoms with E-state index in [1.165, 1.54) is 23.5 Å². The van der Waals surface area contributed by atoms with Crippen LogP contribution in [0.4, 0.5) is 10.1 Å². The number of anilines is 1. The number of ether oxygens (including phenoxy) is 1. The summed E-state index contributed by atoms with van der Waals surface area (Å²) in [6, 6.07) is 3.42. The summed E-state index contributed by atoms with van der Waals surface area (Å²) in [7, 11) is -2.46. The van der Waals surface area contributed by atoms with Gasteiger partial charge in [0.05, 0.1) is 23.6 Å². The molecule has 1 aliphatic rings. The van der Waals surface area contributed by atoms with E-state index < -0.39 is 15.8 Å². The maximum Gasteiger partial charge on any atom is 0.308 e. The first-order valence-corrected chi connectivity index (χ1v) is 7.93. The average molecular weight is 316 g/mol. The minimum atomic E-state index is -3.77. The molecule has 8 heteroatoms. The first kappa shape index (κ1) is 15.7. The van der Waals surface area contributed by atoms with Crippen LogP contribution in [0.1, 0.15) is 12.8 Å². The number of carbonyl (C=O) groups excluding carboxylic acids is 1. The van der Waals surface area contributed by atoms with E-state index in [1.807, 2.05) is 0 Å². The van der Waals surface area contributed by atoms with Gasteiger partial charge in [0.15, 0.2) is 0 Å². The van der Waals surface area contributed by atoms with Crippen molar-refractivity contribution in [2.45, 2.75) is 17.7 Å². The molecule has 0 amide bonds. The molecule has 0 bridgehead atoms. The number of sulfonamides is 1. The van der Waals surface area contributed by atoms with Crippen molar-refractivity contribution < 1.29 is 22.3 Å². The molecule has 0 unspecified atom stereocenters. The van der Waals surface area contributed by atoms with Gasteiger partial charge in [-0.15, -0.1) is 0 Å². The summed E-state index contributed by atoms with van der Waals surface area (Å²) in [5.41, 5.74) is 5.24. The number of piperidine rings is 1. The minimum absolute atomic E-state index is 0.0988. The summed E-state index contributed by atoms with van der Waals surface area (Å²) in [5, 5.41) is 0. The van der Waals surface area contributed by atoms with Crippen LogP contribution in [0, 0.1) is 11.7 Å². The highest BCUT2D eigenvalue weighted by Crippen LogP contribution is 2.25. The number of halogens is 1.